The molecule has 0 N–H and O–H groups in total. The zero-order valence-corrected chi connectivity index (χ0v) is 37.6. The van der Waals surface area contributed by atoms with Crippen molar-refractivity contribution in [1.82, 2.24) is 24.3 Å². The molecule has 0 spiro atoms. The SMILES string of the molecule is COc1c[c-]c(-n2[c-][n+](-c3ccc(OC)cc3)c(C)c2C)cc1.COc1c[c-]c(-n2[c-][n+](-c3ccc(OC)cc3)c(C)c2C)cc1.FC(F)(F)c1cc(-c2ccccn2)[n-]n1.[Ir]. The van der Waals surface area contributed by atoms with Crippen molar-refractivity contribution in [2.24, 2.45) is 0 Å². The molecule has 0 atom stereocenters. The van der Waals surface area contributed by atoms with Gasteiger partial charge in [-0.05, 0) is 106 Å². The molecule has 15 heteroatoms. The third kappa shape index (κ3) is 10.8. The minimum Gasteiger partial charge on any atom is -0.573 e. The topological polar surface area (TPSA) is 94.4 Å². The molecular weight excluding hydrogens is 976 g/mol. The minimum absolute atomic E-state index is 0. The summed E-state index contributed by atoms with van der Waals surface area (Å²) in [6.07, 6.45) is 3.78. The molecule has 0 saturated carbocycles. The first kappa shape index (κ1) is 46.4. The first-order chi connectivity index (χ1) is 29.3. The number of hydrogen-bond acceptors (Lipinski definition) is 6. The van der Waals surface area contributed by atoms with Crippen LogP contribution in [0, 0.1) is 52.5 Å². The van der Waals surface area contributed by atoms with E-state index in [1.165, 1.54) is 6.20 Å². The van der Waals surface area contributed by atoms with Gasteiger partial charge in [0.2, 0.25) is 0 Å². The van der Waals surface area contributed by atoms with Gasteiger partial charge in [-0.1, -0.05) is 11.8 Å². The van der Waals surface area contributed by atoms with Crippen LogP contribution in [0.1, 0.15) is 28.5 Å². The minimum atomic E-state index is -4.46. The molecule has 4 aromatic heterocycles. The molecule has 323 valence electrons. The first-order valence-corrected chi connectivity index (χ1v) is 18.8. The van der Waals surface area contributed by atoms with E-state index in [4.69, 9.17) is 18.9 Å². The molecule has 0 amide bonds. The Hall–Kier alpha value is -6.70. The standard InChI is InChI=1S/2C19H19N2O2.C9H5F3N3.Ir/c2*1-14-15(2)21(17-7-11-19(23-4)12-8-17)13-20(14)16-5-9-18(22-3)10-6-16;10-9(11,12)8-5-7(14-15-8)6-3-1-2-4-13-6;/h2*5-7,9-12H,1-4H3;1-5H;/q3*-1;. The zero-order chi connectivity index (χ0) is 43.7. The van der Waals surface area contributed by atoms with E-state index in [-0.39, 0.29) is 25.8 Å². The van der Waals surface area contributed by atoms with Crippen molar-refractivity contribution in [3.05, 3.63) is 169 Å². The van der Waals surface area contributed by atoms with Crippen LogP contribution in [0.25, 0.3) is 34.1 Å². The molecule has 0 unspecified atom stereocenters. The van der Waals surface area contributed by atoms with Crippen molar-refractivity contribution in [3.8, 4) is 57.1 Å². The molecule has 8 aromatic rings. The number of benzene rings is 4. The van der Waals surface area contributed by atoms with Gasteiger partial charge in [0.1, 0.15) is 17.2 Å². The van der Waals surface area contributed by atoms with Crippen molar-refractivity contribution in [3.63, 3.8) is 0 Å². The summed E-state index contributed by atoms with van der Waals surface area (Å²) in [7, 11) is 6.63. The Kier molecular flexibility index (Phi) is 15.5. The van der Waals surface area contributed by atoms with Crippen LogP contribution in [0.2, 0.25) is 0 Å². The summed E-state index contributed by atoms with van der Waals surface area (Å²) in [6.45, 7) is 8.31. The third-order valence-electron chi connectivity index (χ3n) is 9.70. The Morgan fingerprint density at radius 3 is 1.37 bits per heavy atom. The summed E-state index contributed by atoms with van der Waals surface area (Å²) in [5, 5.41) is 6.47. The van der Waals surface area contributed by atoms with E-state index in [9.17, 15) is 13.2 Å². The van der Waals surface area contributed by atoms with Crippen LogP contribution < -0.4 is 33.2 Å². The summed E-state index contributed by atoms with van der Waals surface area (Å²) in [4.78, 5) is 3.87. The predicted octanol–water partition coefficient (Wildman–Crippen LogP) is 8.09. The molecule has 0 aliphatic heterocycles. The molecular formula is C47H43F3IrN7O4-3. The molecule has 4 aromatic carbocycles. The summed E-state index contributed by atoms with van der Waals surface area (Å²) in [5.74, 6) is 3.26. The number of halogens is 3. The molecule has 0 saturated heterocycles. The molecule has 0 bridgehead atoms. The normalized spacial score (nSPS) is 10.7. The van der Waals surface area contributed by atoms with E-state index < -0.39 is 11.9 Å². The first-order valence-electron chi connectivity index (χ1n) is 18.8. The quantitative estimate of drug-likeness (QED) is 0.107. The van der Waals surface area contributed by atoms with Gasteiger partial charge in [0.05, 0.1) is 51.2 Å². The predicted molar refractivity (Wildman–Crippen MR) is 221 cm³/mol. The number of hydrogen-bond donors (Lipinski definition) is 0. The van der Waals surface area contributed by atoms with Crippen LogP contribution in [0.15, 0.2) is 115 Å². The Morgan fingerprint density at radius 1 is 0.597 bits per heavy atom. The van der Waals surface area contributed by atoms with Crippen molar-refractivity contribution in [2.75, 3.05) is 28.4 Å². The van der Waals surface area contributed by atoms with Gasteiger partial charge >= 0.3 is 6.18 Å². The van der Waals surface area contributed by atoms with Crippen molar-refractivity contribution in [2.45, 2.75) is 33.9 Å². The van der Waals surface area contributed by atoms with Crippen LogP contribution in [-0.4, -0.2) is 47.7 Å². The van der Waals surface area contributed by atoms with Gasteiger partial charge in [0, 0.05) is 54.9 Å². The second kappa shape index (κ2) is 20.7. The smallest absolute Gasteiger partial charge is 0.431 e. The summed E-state index contributed by atoms with van der Waals surface area (Å²) in [5.41, 5.74) is 7.92. The maximum absolute atomic E-state index is 12.2. The molecule has 0 aliphatic carbocycles. The van der Waals surface area contributed by atoms with Gasteiger partial charge in [0.25, 0.3) is 12.7 Å². The molecule has 4 heterocycles. The van der Waals surface area contributed by atoms with E-state index in [1.807, 2.05) is 103 Å². The van der Waals surface area contributed by atoms with E-state index in [0.29, 0.717) is 5.69 Å². The molecule has 0 fully saturated rings. The summed E-state index contributed by atoms with van der Waals surface area (Å²) < 4.78 is 65.5. The molecule has 1 radical (unpaired) electrons. The number of alkyl halides is 3. The van der Waals surface area contributed by atoms with Gasteiger partial charge in [-0.3, -0.25) is 14.1 Å². The van der Waals surface area contributed by atoms with E-state index in [0.717, 1.165) is 74.6 Å². The van der Waals surface area contributed by atoms with Crippen LogP contribution in [0.5, 0.6) is 23.0 Å². The van der Waals surface area contributed by atoms with Crippen LogP contribution in [0.4, 0.5) is 13.2 Å². The van der Waals surface area contributed by atoms with Gasteiger partial charge in [-0.2, -0.15) is 37.4 Å². The summed E-state index contributed by atoms with van der Waals surface area (Å²) >= 11 is 0. The number of aromatic nitrogens is 7. The number of nitrogens with zero attached hydrogens (tertiary/aromatic N) is 7. The average molecular weight is 1020 g/mol. The maximum atomic E-state index is 12.2. The Labute approximate surface area is 372 Å². The monoisotopic (exact) mass is 1020 g/mol. The van der Waals surface area contributed by atoms with Crippen molar-refractivity contribution >= 4 is 0 Å². The number of pyridine rings is 1. The van der Waals surface area contributed by atoms with Crippen molar-refractivity contribution < 1.29 is 61.4 Å². The summed E-state index contributed by atoms with van der Waals surface area (Å²) in [6, 6.07) is 39.6. The van der Waals surface area contributed by atoms with Gasteiger partial charge in [-0.25, -0.2) is 0 Å². The Bertz CT molecular complexity index is 2370. The largest absolute Gasteiger partial charge is 0.573 e. The zero-order valence-electron chi connectivity index (χ0n) is 35.2. The third-order valence-corrected chi connectivity index (χ3v) is 9.70. The van der Waals surface area contributed by atoms with Crippen molar-refractivity contribution in [1.29, 1.82) is 0 Å². The van der Waals surface area contributed by atoms with Gasteiger partial charge < -0.3 is 38.3 Å². The number of ether oxygens (including phenoxy) is 4. The molecule has 11 nitrogen and oxygen atoms in total. The molecule has 62 heavy (non-hydrogen) atoms. The van der Waals surface area contributed by atoms with Gasteiger partial charge in [-0.15, -0.1) is 24.3 Å². The Balaban J connectivity index is 0.000000178. The average Bonchev–Trinajstić information content (AvgIpc) is 4.01. The van der Waals surface area contributed by atoms with E-state index in [1.54, 1.807) is 46.6 Å². The number of rotatable bonds is 9. The second-order valence-electron chi connectivity index (χ2n) is 13.3. The number of methoxy groups -OCH3 is 4. The van der Waals surface area contributed by atoms with E-state index in [2.05, 4.69) is 67.7 Å². The molecule has 0 aliphatic rings. The second-order valence-corrected chi connectivity index (χ2v) is 13.3. The van der Waals surface area contributed by atoms with E-state index >= 15 is 0 Å². The fraction of sp³-hybridized carbons (Fsp3) is 0.191. The van der Waals surface area contributed by atoms with Crippen LogP contribution in [-0.2, 0) is 26.3 Å². The van der Waals surface area contributed by atoms with Crippen LogP contribution in [0.3, 0.4) is 0 Å². The molecule has 8 rings (SSSR count). The fourth-order valence-corrected chi connectivity index (χ4v) is 5.99. The maximum Gasteiger partial charge on any atom is 0.431 e. The van der Waals surface area contributed by atoms with Crippen LogP contribution >= 0.6 is 0 Å². The number of imidazole rings is 2. The van der Waals surface area contributed by atoms with Gasteiger partial charge in [0.15, 0.2) is 0 Å². The Morgan fingerprint density at radius 2 is 1.03 bits per heavy atom. The fourth-order valence-electron chi connectivity index (χ4n) is 5.99.